The Labute approximate surface area is 407 Å². The summed E-state index contributed by atoms with van der Waals surface area (Å²) in [5.74, 6) is -5.25. The van der Waals surface area contributed by atoms with Crippen molar-refractivity contribution in [2.45, 2.75) is 197 Å². The van der Waals surface area contributed by atoms with Crippen molar-refractivity contribution in [3.63, 3.8) is 0 Å². The zero-order valence-corrected chi connectivity index (χ0v) is 40.6. The zero-order valence-electron chi connectivity index (χ0n) is 40.6. The van der Waals surface area contributed by atoms with E-state index < -0.39 is 84.1 Å². The van der Waals surface area contributed by atoms with Gasteiger partial charge in [0.15, 0.2) is 0 Å². The molecule has 17 heteroatoms. The molecule has 1 unspecified atom stereocenters. The number of primary amides is 2. The van der Waals surface area contributed by atoms with Crippen LogP contribution in [0.5, 0.6) is 0 Å². The van der Waals surface area contributed by atoms with Gasteiger partial charge >= 0.3 is 5.97 Å². The summed E-state index contributed by atoms with van der Waals surface area (Å²) >= 11 is 0. The van der Waals surface area contributed by atoms with Crippen molar-refractivity contribution in [3.05, 3.63) is 71.8 Å². The van der Waals surface area contributed by atoms with Crippen LogP contribution < -0.4 is 38.1 Å². The average molecular weight is 962 g/mol. The molecule has 0 heterocycles. The Hall–Kier alpha value is -5.84. The maximum Gasteiger partial charge on any atom is 0.326 e. The van der Waals surface area contributed by atoms with Crippen LogP contribution in [0.2, 0.25) is 0 Å². The summed E-state index contributed by atoms with van der Waals surface area (Å²) in [4.78, 5) is 102. The number of aryl methyl sites for hydroxylation is 1. The van der Waals surface area contributed by atoms with E-state index >= 15 is 0 Å². The Kier molecular flexibility index (Phi) is 27.3. The van der Waals surface area contributed by atoms with Gasteiger partial charge in [0.1, 0.15) is 30.2 Å². The van der Waals surface area contributed by atoms with E-state index in [0.717, 1.165) is 107 Å². The summed E-state index contributed by atoms with van der Waals surface area (Å²) in [6, 6.07) is 12.7. The molecular formula is C52H79N7O10. The van der Waals surface area contributed by atoms with E-state index in [1.807, 2.05) is 60.7 Å². The molecular weight excluding hydrogens is 883 g/mol. The number of carboxylic acid groups (broad SMARTS) is 1. The van der Waals surface area contributed by atoms with E-state index in [0.29, 0.717) is 25.7 Å². The Morgan fingerprint density at radius 3 is 1.52 bits per heavy atom. The molecule has 1 saturated carbocycles. The second kappa shape index (κ2) is 32.8. The maximum atomic E-state index is 13.6. The third-order valence-corrected chi connectivity index (χ3v) is 12.7. The monoisotopic (exact) mass is 962 g/mol. The van der Waals surface area contributed by atoms with E-state index in [1.54, 1.807) is 0 Å². The molecule has 7 amide bonds. The molecule has 3 rings (SSSR count). The average Bonchev–Trinajstić information content (AvgIpc) is 3.32. The second-order valence-corrected chi connectivity index (χ2v) is 18.7. The number of hydrogen-bond donors (Lipinski definition) is 9. The summed E-state index contributed by atoms with van der Waals surface area (Å²) in [6.45, 7) is 1.42. The lowest BCUT2D eigenvalue weighted by atomic mass is 9.84. The maximum absolute atomic E-state index is 13.6. The third-order valence-electron chi connectivity index (χ3n) is 12.7. The fraction of sp³-hybridized carbons (Fsp3) is 0.615. The minimum absolute atomic E-state index is 0.136. The molecule has 1 aliphatic carbocycles. The molecule has 0 bridgehead atoms. The number of carbonyl (C=O) groups excluding carboxylic acids is 7. The number of aliphatic carboxylic acids is 1. The molecule has 1 fully saturated rings. The molecule has 0 aromatic heterocycles. The SMILES string of the molecule is CC(O)[C@H](NC(=O)CCCCCCCCCCCCCCC(=O)N[C@@H](CC(N)=O)C(=O)N[C@@H](CCc1ccccc1)C(=O)O)C(=O)N[C@@H](CC1CCCCC1)C(=O)N[C@@H](Cc1ccccc1)C(N)=O. The van der Waals surface area contributed by atoms with Gasteiger partial charge in [-0.25, -0.2) is 4.79 Å². The fourth-order valence-electron chi connectivity index (χ4n) is 8.75. The molecule has 0 spiro atoms. The Balaban J connectivity index is 1.28. The van der Waals surface area contributed by atoms with E-state index in [4.69, 9.17) is 11.5 Å². The van der Waals surface area contributed by atoms with E-state index in [9.17, 15) is 48.6 Å². The zero-order chi connectivity index (χ0) is 50.4. The highest BCUT2D eigenvalue weighted by Crippen LogP contribution is 2.27. The highest BCUT2D eigenvalue weighted by atomic mass is 16.4. The van der Waals surface area contributed by atoms with Crippen molar-refractivity contribution in [2.24, 2.45) is 17.4 Å². The van der Waals surface area contributed by atoms with Gasteiger partial charge in [-0.2, -0.15) is 0 Å². The third kappa shape index (κ3) is 24.3. The Bertz CT molecular complexity index is 1890. The van der Waals surface area contributed by atoms with Crippen LogP contribution in [0.4, 0.5) is 0 Å². The number of aliphatic hydroxyl groups excluding tert-OH is 1. The van der Waals surface area contributed by atoms with Crippen molar-refractivity contribution in [3.8, 4) is 0 Å². The number of unbranched alkanes of at least 4 members (excludes halogenated alkanes) is 11. The Morgan fingerprint density at radius 2 is 1.03 bits per heavy atom. The normalized spacial score (nSPS) is 15.3. The van der Waals surface area contributed by atoms with Gasteiger partial charge in [0, 0.05) is 19.3 Å². The summed E-state index contributed by atoms with van der Waals surface area (Å²) in [6.07, 6.45) is 16.0. The largest absolute Gasteiger partial charge is 0.480 e. The first-order valence-electron chi connectivity index (χ1n) is 25.2. The number of hydrogen-bond acceptors (Lipinski definition) is 9. The summed E-state index contributed by atoms with van der Waals surface area (Å²) < 4.78 is 0. The molecule has 382 valence electrons. The molecule has 0 saturated heterocycles. The number of amides is 7. The van der Waals surface area contributed by atoms with Crippen molar-refractivity contribution in [2.75, 3.05) is 0 Å². The molecule has 6 atom stereocenters. The van der Waals surface area contributed by atoms with Crippen LogP contribution in [0.15, 0.2) is 60.7 Å². The van der Waals surface area contributed by atoms with Gasteiger partial charge in [-0.05, 0) is 56.1 Å². The van der Waals surface area contributed by atoms with Crippen molar-refractivity contribution in [1.82, 2.24) is 26.6 Å². The predicted octanol–water partition coefficient (Wildman–Crippen LogP) is 4.54. The molecule has 1 aliphatic rings. The fourth-order valence-corrected chi connectivity index (χ4v) is 8.75. The summed E-state index contributed by atoms with van der Waals surface area (Å²) in [5, 5.41) is 33.4. The quantitative estimate of drug-likeness (QED) is 0.0435. The second-order valence-electron chi connectivity index (χ2n) is 18.7. The lowest BCUT2D eigenvalue weighted by Gasteiger charge is -2.29. The number of nitrogens with one attached hydrogen (secondary N) is 5. The van der Waals surface area contributed by atoms with E-state index in [2.05, 4.69) is 26.6 Å². The number of nitrogens with two attached hydrogens (primary N) is 2. The first-order valence-corrected chi connectivity index (χ1v) is 25.2. The van der Waals surface area contributed by atoms with Crippen molar-refractivity contribution >= 4 is 47.3 Å². The van der Waals surface area contributed by atoms with Gasteiger partial charge in [0.05, 0.1) is 12.5 Å². The number of carboxylic acids is 1. The van der Waals surface area contributed by atoms with Crippen LogP contribution in [-0.2, 0) is 51.2 Å². The van der Waals surface area contributed by atoms with Crippen LogP contribution in [0.3, 0.4) is 0 Å². The molecule has 2 aromatic carbocycles. The molecule has 0 aliphatic heterocycles. The molecule has 69 heavy (non-hydrogen) atoms. The highest BCUT2D eigenvalue weighted by Gasteiger charge is 2.33. The summed E-state index contributed by atoms with van der Waals surface area (Å²) in [5.41, 5.74) is 12.7. The van der Waals surface area contributed by atoms with Gasteiger partial charge < -0.3 is 48.3 Å². The van der Waals surface area contributed by atoms with Crippen LogP contribution in [0.1, 0.15) is 159 Å². The Morgan fingerprint density at radius 1 is 0.565 bits per heavy atom. The first-order chi connectivity index (χ1) is 33.1. The lowest BCUT2D eigenvalue weighted by molar-refractivity contribution is -0.142. The summed E-state index contributed by atoms with van der Waals surface area (Å²) in [7, 11) is 0. The predicted molar refractivity (Wildman–Crippen MR) is 263 cm³/mol. The molecule has 17 nitrogen and oxygen atoms in total. The lowest BCUT2D eigenvalue weighted by Crippen LogP contribution is -2.59. The number of aliphatic hydroxyl groups is 1. The van der Waals surface area contributed by atoms with E-state index in [-0.39, 0.29) is 37.5 Å². The smallest absolute Gasteiger partial charge is 0.326 e. The minimum Gasteiger partial charge on any atom is -0.480 e. The van der Waals surface area contributed by atoms with Crippen LogP contribution in [0, 0.1) is 5.92 Å². The topological polar surface area (TPSA) is 289 Å². The minimum atomic E-state index is -1.27. The van der Waals surface area contributed by atoms with Crippen molar-refractivity contribution in [1.29, 1.82) is 0 Å². The molecule has 0 radical (unpaired) electrons. The van der Waals surface area contributed by atoms with Gasteiger partial charge in [0.25, 0.3) is 0 Å². The number of rotatable bonds is 35. The molecule has 11 N–H and O–H groups in total. The van der Waals surface area contributed by atoms with Crippen LogP contribution in [-0.4, -0.2) is 93.8 Å². The van der Waals surface area contributed by atoms with Gasteiger partial charge in [-0.3, -0.25) is 33.6 Å². The first kappa shape index (κ1) is 57.5. The number of carbonyl (C=O) groups is 8. The van der Waals surface area contributed by atoms with Crippen LogP contribution in [0.25, 0.3) is 0 Å². The van der Waals surface area contributed by atoms with Gasteiger partial charge in [0.2, 0.25) is 41.4 Å². The molecule has 2 aromatic rings. The van der Waals surface area contributed by atoms with Crippen molar-refractivity contribution < 1.29 is 48.6 Å². The standard InChI is InChI=1S/C52H79N7O10/c1-36(60)47(51(67)58-42(34-39-27-19-14-20-28-39)49(65)57-41(48(54)64)33-38-25-17-13-18-26-38)59-46(63)30-22-11-9-7-5-3-2-4-6-8-10-21-29-45(62)55-43(35-44(53)61)50(66)56-40(52(68)69)32-31-37-23-15-12-16-24-37/h12-13,15-18,23-26,36,39-43,47,60H,2-11,14,19-22,27-35H2,1H3,(H2,53,61)(H2,54,64)(H,55,62)(H,56,66)(H,57,65)(H,58,67)(H,59,63)(H,68,69)/t36?,40-,41-,42-,43-,47-/m0/s1. The highest BCUT2D eigenvalue weighted by molar-refractivity contribution is 5.95. The number of benzene rings is 2. The van der Waals surface area contributed by atoms with Gasteiger partial charge in [-0.1, -0.05) is 157 Å². The van der Waals surface area contributed by atoms with Gasteiger partial charge in [-0.15, -0.1) is 0 Å². The van der Waals surface area contributed by atoms with E-state index in [1.165, 1.54) is 6.92 Å². The van der Waals surface area contributed by atoms with Crippen LogP contribution >= 0.6 is 0 Å².